The van der Waals surface area contributed by atoms with Crippen LogP contribution in [0.15, 0.2) is 77.2 Å². The third-order valence-corrected chi connectivity index (χ3v) is 6.25. The molecule has 7 nitrogen and oxygen atoms in total. The first-order chi connectivity index (χ1) is 17.0. The van der Waals surface area contributed by atoms with Gasteiger partial charge in [-0.25, -0.2) is 0 Å². The van der Waals surface area contributed by atoms with E-state index >= 15 is 0 Å². The molecule has 0 aliphatic carbocycles. The Kier molecular flexibility index (Phi) is 6.12. The van der Waals surface area contributed by atoms with Crippen LogP contribution in [-0.2, 0) is 6.61 Å². The zero-order chi connectivity index (χ0) is 24.4. The van der Waals surface area contributed by atoms with E-state index in [1.165, 1.54) is 0 Å². The minimum absolute atomic E-state index is 0.0931. The first-order valence-corrected chi connectivity index (χ1v) is 11.7. The monoisotopic (exact) mass is 483 g/mol. The number of amides is 1. The van der Waals surface area contributed by atoms with Crippen LogP contribution in [0.25, 0.3) is 11.0 Å². The molecule has 0 saturated carbocycles. The number of ketones is 1. The third-order valence-electron chi connectivity index (χ3n) is 5.59. The van der Waals surface area contributed by atoms with Crippen molar-refractivity contribution < 1.29 is 18.7 Å². The molecule has 0 atom stereocenters. The fourth-order valence-electron chi connectivity index (χ4n) is 3.59. The van der Waals surface area contributed by atoms with Crippen LogP contribution in [0.1, 0.15) is 43.4 Å². The van der Waals surface area contributed by atoms with E-state index in [2.05, 4.69) is 14.1 Å². The molecule has 2 aromatic heterocycles. The summed E-state index contributed by atoms with van der Waals surface area (Å²) in [5.74, 6) is 0.0428. The van der Waals surface area contributed by atoms with Crippen LogP contribution < -0.4 is 10.1 Å². The van der Waals surface area contributed by atoms with Crippen molar-refractivity contribution in [2.24, 2.45) is 0 Å². The largest absolute Gasteiger partial charge is 0.487 e. The number of carbonyl (C=O) groups excluding carboxylic acids is 2. The van der Waals surface area contributed by atoms with Crippen LogP contribution in [0, 0.1) is 13.8 Å². The van der Waals surface area contributed by atoms with Gasteiger partial charge >= 0.3 is 0 Å². The third kappa shape index (κ3) is 4.69. The maximum Gasteiger partial charge on any atom is 0.255 e. The zero-order valence-corrected chi connectivity index (χ0v) is 19.9. The maximum atomic E-state index is 13.2. The van der Waals surface area contributed by atoms with Crippen LogP contribution in [0.3, 0.4) is 0 Å². The average Bonchev–Trinajstić information content (AvgIpc) is 3.46. The quantitative estimate of drug-likeness (QED) is 0.287. The standard InChI is InChI=1S/C27H21N3O4S/c1-16-7-9-18(10-8-16)25(31)26-24(21-5-3-4-6-23(21)34-26)28-27(32)19-11-13-20(14-12-19)33-15-22-17(2)29-35-30-22/h3-14H,15H2,1-2H3,(H,28,32). The van der Waals surface area contributed by atoms with E-state index in [1.807, 2.05) is 44.2 Å². The van der Waals surface area contributed by atoms with Crippen molar-refractivity contribution in [2.75, 3.05) is 5.32 Å². The van der Waals surface area contributed by atoms with Crippen molar-refractivity contribution in [2.45, 2.75) is 20.5 Å². The smallest absolute Gasteiger partial charge is 0.255 e. The number of rotatable bonds is 7. The van der Waals surface area contributed by atoms with E-state index in [0.29, 0.717) is 40.1 Å². The highest BCUT2D eigenvalue weighted by atomic mass is 32.1. The molecule has 0 saturated heterocycles. The lowest BCUT2D eigenvalue weighted by Gasteiger charge is -2.08. The van der Waals surface area contributed by atoms with Gasteiger partial charge in [0.05, 0.1) is 23.1 Å². The first kappa shape index (κ1) is 22.5. The average molecular weight is 484 g/mol. The molecule has 8 heteroatoms. The molecule has 174 valence electrons. The predicted molar refractivity (Wildman–Crippen MR) is 134 cm³/mol. The van der Waals surface area contributed by atoms with Crippen molar-refractivity contribution in [3.63, 3.8) is 0 Å². The molecule has 5 rings (SSSR count). The summed E-state index contributed by atoms with van der Waals surface area (Å²) in [6.07, 6.45) is 0. The van der Waals surface area contributed by atoms with Gasteiger partial charge in [-0.3, -0.25) is 9.59 Å². The van der Waals surface area contributed by atoms with E-state index < -0.39 is 0 Å². The number of hydrogen-bond donors (Lipinski definition) is 1. The number of benzene rings is 3. The summed E-state index contributed by atoms with van der Waals surface area (Å²) in [7, 11) is 0. The highest BCUT2D eigenvalue weighted by Crippen LogP contribution is 2.33. The van der Waals surface area contributed by atoms with Crippen molar-refractivity contribution in [3.8, 4) is 5.75 Å². The van der Waals surface area contributed by atoms with Gasteiger partial charge in [-0.15, -0.1) is 0 Å². The van der Waals surface area contributed by atoms with E-state index in [4.69, 9.17) is 9.15 Å². The van der Waals surface area contributed by atoms with Gasteiger partial charge in [-0.2, -0.15) is 8.75 Å². The van der Waals surface area contributed by atoms with E-state index in [0.717, 1.165) is 28.7 Å². The van der Waals surface area contributed by atoms with Crippen LogP contribution in [-0.4, -0.2) is 20.4 Å². The molecule has 5 aromatic rings. The number of hydrogen-bond acceptors (Lipinski definition) is 7. The first-order valence-electron chi connectivity index (χ1n) is 10.9. The summed E-state index contributed by atoms with van der Waals surface area (Å²) < 4.78 is 20.0. The number of nitrogens with zero attached hydrogens (tertiary/aromatic N) is 2. The number of fused-ring (bicyclic) bond motifs is 1. The Morgan fingerprint density at radius 1 is 0.914 bits per heavy atom. The number of ether oxygens (including phenoxy) is 1. The van der Waals surface area contributed by atoms with Crippen LogP contribution in [0.2, 0.25) is 0 Å². The normalized spacial score (nSPS) is 10.9. The van der Waals surface area contributed by atoms with Gasteiger partial charge in [0.2, 0.25) is 5.78 Å². The molecule has 2 heterocycles. The van der Waals surface area contributed by atoms with Gasteiger partial charge in [-0.05, 0) is 50.2 Å². The number of aromatic nitrogens is 2. The van der Waals surface area contributed by atoms with Crippen molar-refractivity contribution >= 4 is 40.1 Å². The Balaban J connectivity index is 1.38. The summed E-state index contributed by atoms with van der Waals surface area (Å²) in [6, 6.07) is 21.2. The summed E-state index contributed by atoms with van der Waals surface area (Å²) >= 11 is 1.15. The van der Waals surface area contributed by atoms with Crippen molar-refractivity contribution in [1.82, 2.24) is 8.75 Å². The summed E-state index contributed by atoms with van der Waals surface area (Å²) in [6.45, 7) is 4.14. The van der Waals surface area contributed by atoms with E-state index in [-0.39, 0.29) is 17.5 Å². The summed E-state index contributed by atoms with van der Waals surface area (Å²) in [4.78, 5) is 26.3. The van der Waals surface area contributed by atoms with Gasteiger partial charge < -0.3 is 14.5 Å². The van der Waals surface area contributed by atoms with Crippen LogP contribution in [0.4, 0.5) is 5.69 Å². The maximum absolute atomic E-state index is 13.2. The van der Waals surface area contributed by atoms with E-state index in [9.17, 15) is 9.59 Å². The second-order valence-corrected chi connectivity index (χ2v) is 8.59. The minimum Gasteiger partial charge on any atom is -0.487 e. The van der Waals surface area contributed by atoms with Gasteiger partial charge in [-0.1, -0.05) is 42.0 Å². The van der Waals surface area contributed by atoms with Crippen LogP contribution in [0.5, 0.6) is 5.75 Å². The van der Waals surface area contributed by atoms with E-state index in [1.54, 1.807) is 42.5 Å². The Morgan fingerprint density at radius 2 is 1.63 bits per heavy atom. The predicted octanol–water partition coefficient (Wildman–Crippen LogP) is 5.96. The Labute approximate surface area is 205 Å². The topological polar surface area (TPSA) is 94.3 Å². The lowest BCUT2D eigenvalue weighted by molar-refractivity contribution is 0.101. The number of anilines is 1. The Morgan fingerprint density at radius 3 is 2.34 bits per heavy atom. The summed E-state index contributed by atoms with van der Waals surface area (Å²) in [5, 5.41) is 3.54. The van der Waals surface area contributed by atoms with Crippen LogP contribution >= 0.6 is 11.7 Å². The lowest BCUT2D eigenvalue weighted by Crippen LogP contribution is -2.14. The molecule has 0 radical (unpaired) electrons. The zero-order valence-electron chi connectivity index (χ0n) is 19.1. The summed E-state index contributed by atoms with van der Waals surface area (Å²) in [5.41, 5.74) is 4.45. The molecule has 0 aliphatic rings. The van der Waals surface area contributed by atoms with Crippen molar-refractivity contribution in [1.29, 1.82) is 0 Å². The molecule has 0 unspecified atom stereocenters. The van der Waals surface area contributed by atoms with Gasteiger partial charge in [0.15, 0.2) is 5.76 Å². The second kappa shape index (κ2) is 9.52. The highest BCUT2D eigenvalue weighted by molar-refractivity contribution is 6.99. The number of aryl methyl sites for hydroxylation is 2. The second-order valence-electron chi connectivity index (χ2n) is 8.06. The highest BCUT2D eigenvalue weighted by Gasteiger charge is 2.23. The molecular weight excluding hydrogens is 462 g/mol. The SMILES string of the molecule is Cc1ccc(C(=O)c2oc3ccccc3c2NC(=O)c2ccc(OCc3nsnc3C)cc2)cc1. The molecule has 0 aliphatic heterocycles. The lowest BCUT2D eigenvalue weighted by atomic mass is 10.1. The van der Waals surface area contributed by atoms with Crippen molar-refractivity contribution in [3.05, 3.63) is 107 Å². The molecule has 1 N–H and O–H groups in total. The number of carbonyl (C=O) groups is 2. The molecule has 35 heavy (non-hydrogen) atoms. The Hall–Kier alpha value is -4.30. The fourth-order valence-corrected chi connectivity index (χ4v) is 4.14. The number of furan rings is 1. The van der Waals surface area contributed by atoms with Gasteiger partial charge in [0.25, 0.3) is 5.91 Å². The number of para-hydroxylation sites is 1. The molecular formula is C27H21N3O4S. The van der Waals surface area contributed by atoms with Gasteiger partial charge in [0.1, 0.15) is 23.6 Å². The molecule has 3 aromatic carbocycles. The number of nitrogens with one attached hydrogen (secondary N) is 1. The molecule has 1 amide bonds. The molecule has 0 fully saturated rings. The molecule has 0 bridgehead atoms. The Bertz CT molecular complexity index is 1520. The minimum atomic E-state index is -0.361. The van der Waals surface area contributed by atoms with Gasteiger partial charge in [0, 0.05) is 16.5 Å². The molecule has 0 spiro atoms. The fraction of sp³-hybridized carbons (Fsp3) is 0.111.